The van der Waals surface area contributed by atoms with E-state index in [2.05, 4.69) is 4.72 Å². The van der Waals surface area contributed by atoms with Crippen molar-refractivity contribution >= 4 is 10.0 Å². The number of aryl methyl sites for hydroxylation is 2. The highest BCUT2D eigenvalue weighted by Gasteiger charge is 2.25. The summed E-state index contributed by atoms with van der Waals surface area (Å²) in [7, 11) is -3.50. The van der Waals surface area contributed by atoms with E-state index >= 15 is 0 Å². The maximum atomic E-state index is 12.0. The molecule has 1 aromatic rings. The summed E-state index contributed by atoms with van der Waals surface area (Å²) in [4.78, 5) is 0.195. The van der Waals surface area contributed by atoms with Gasteiger partial charge in [-0.15, -0.1) is 0 Å². The van der Waals surface area contributed by atoms with Gasteiger partial charge in [-0.2, -0.15) is 0 Å². The predicted octanol–water partition coefficient (Wildman–Crippen LogP) is 1.04. The highest BCUT2D eigenvalue weighted by molar-refractivity contribution is 7.89. The Labute approximate surface area is 96.1 Å². The van der Waals surface area contributed by atoms with Crippen LogP contribution in [0.1, 0.15) is 30.4 Å². The minimum absolute atomic E-state index is 0.158. The van der Waals surface area contributed by atoms with Crippen molar-refractivity contribution in [2.75, 3.05) is 6.54 Å². The standard InChI is InChI=1S/C10H18N2O3S/c1-4-5-12-16(13,14)10-8(3)15-7(2)9(10)6-11/h12H,4-6,11H2,1-3H3. The summed E-state index contributed by atoms with van der Waals surface area (Å²) in [6, 6.07) is 0. The van der Waals surface area contributed by atoms with E-state index in [0.717, 1.165) is 6.42 Å². The molecule has 0 saturated heterocycles. The molecule has 0 atom stereocenters. The van der Waals surface area contributed by atoms with Crippen LogP contribution in [0.2, 0.25) is 0 Å². The molecular formula is C10H18N2O3S. The van der Waals surface area contributed by atoms with Crippen molar-refractivity contribution in [1.82, 2.24) is 4.72 Å². The topological polar surface area (TPSA) is 85.3 Å². The molecule has 0 amide bonds. The Morgan fingerprint density at radius 1 is 1.31 bits per heavy atom. The molecule has 0 bridgehead atoms. The van der Waals surface area contributed by atoms with Gasteiger partial charge in [0.2, 0.25) is 10.0 Å². The Morgan fingerprint density at radius 2 is 1.94 bits per heavy atom. The number of nitrogens with one attached hydrogen (secondary N) is 1. The van der Waals surface area contributed by atoms with Crippen LogP contribution in [0.15, 0.2) is 9.31 Å². The van der Waals surface area contributed by atoms with E-state index in [-0.39, 0.29) is 11.4 Å². The molecule has 5 nitrogen and oxygen atoms in total. The number of furan rings is 1. The van der Waals surface area contributed by atoms with Crippen molar-refractivity contribution in [3.8, 4) is 0 Å². The third-order valence-electron chi connectivity index (χ3n) is 2.34. The molecule has 0 radical (unpaired) electrons. The summed E-state index contributed by atoms with van der Waals surface area (Å²) in [6.07, 6.45) is 0.743. The van der Waals surface area contributed by atoms with Crippen LogP contribution >= 0.6 is 0 Å². The van der Waals surface area contributed by atoms with E-state index < -0.39 is 10.0 Å². The number of hydrogen-bond acceptors (Lipinski definition) is 4. The Bertz CT molecular complexity index is 463. The van der Waals surface area contributed by atoms with Gasteiger partial charge in [-0.3, -0.25) is 0 Å². The van der Waals surface area contributed by atoms with Gasteiger partial charge in [0.05, 0.1) is 0 Å². The van der Waals surface area contributed by atoms with Gasteiger partial charge < -0.3 is 10.2 Å². The fraction of sp³-hybridized carbons (Fsp3) is 0.600. The van der Waals surface area contributed by atoms with Gasteiger partial charge in [0.15, 0.2) is 0 Å². The summed E-state index contributed by atoms with van der Waals surface area (Å²) in [6.45, 7) is 5.82. The van der Waals surface area contributed by atoms with Gasteiger partial charge >= 0.3 is 0 Å². The minimum atomic E-state index is -3.50. The lowest BCUT2D eigenvalue weighted by Gasteiger charge is -2.06. The first-order valence-corrected chi connectivity index (χ1v) is 6.71. The maximum Gasteiger partial charge on any atom is 0.244 e. The van der Waals surface area contributed by atoms with Gasteiger partial charge in [0.1, 0.15) is 16.4 Å². The average Bonchev–Trinajstić information content (AvgIpc) is 2.50. The maximum absolute atomic E-state index is 12.0. The lowest BCUT2D eigenvalue weighted by atomic mass is 10.2. The summed E-state index contributed by atoms with van der Waals surface area (Å²) >= 11 is 0. The molecule has 0 saturated carbocycles. The lowest BCUT2D eigenvalue weighted by molar-refractivity contribution is 0.494. The van der Waals surface area contributed by atoms with E-state index in [4.69, 9.17) is 10.2 Å². The Kier molecular flexibility index (Phi) is 4.12. The number of rotatable bonds is 5. The molecule has 0 aliphatic carbocycles. The quantitative estimate of drug-likeness (QED) is 0.813. The smallest absolute Gasteiger partial charge is 0.244 e. The third kappa shape index (κ3) is 2.45. The molecular weight excluding hydrogens is 228 g/mol. The molecule has 0 fully saturated rings. The lowest BCUT2D eigenvalue weighted by Crippen LogP contribution is -2.26. The molecule has 1 aromatic heterocycles. The summed E-state index contributed by atoms with van der Waals surface area (Å²) in [5.41, 5.74) is 6.09. The second kappa shape index (κ2) is 4.99. The fourth-order valence-electron chi connectivity index (χ4n) is 1.61. The van der Waals surface area contributed by atoms with Crippen molar-refractivity contribution in [1.29, 1.82) is 0 Å². The third-order valence-corrected chi connectivity index (χ3v) is 4.00. The zero-order valence-corrected chi connectivity index (χ0v) is 10.6. The molecule has 0 spiro atoms. The highest BCUT2D eigenvalue weighted by atomic mass is 32.2. The SMILES string of the molecule is CCCNS(=O)(=O)c1c(C)oc(C)c1CN. The van der Waals surface area contributed by atoms with E-state index in [1.807, 2.05) is 6.92 Å². The van der Waals surface area contributed by atoms with Crippen LogP contribution in [-0.4, -0.2) is 15.0 Å². The monoisotopic (exact) mass is 246 g/mol. The van der Waals surface area contributed by atoms with Crippen molar-refractivity contribution in [3.63, 3.8) is 0 Å². The number of nitrogens with two attached hydrogens (primary N) is 1. The fourth-order valence-corrected chi connectivity index (χ4v) is 3.20. The molecule has 0 unspecified atom stereocenters. The summed E-state index contributed by atoms with van der Waals surface area (Å²) in [5.74, 6) is 0.957. The van der Waals surface area contributed by atoms with E-state index in [1.165, 1.54) is 0 Å². The first-order chi connectivity index (χ1) is 7.44. The second-order valence-electron chi connectivity index (χ2n) is 3.62. The Hall–Kier alpha value is -0.850. The van der Waals surface area contributed by atoms with Gasteiger partial charge in [-0.05, 0) is 20.3 Å². The molecule has 1 heterocycles. The molecule has 3 N–H and O–H groups in total. The molecule has 92 valence electrons. The van der Waals surface area contributed by atoms with Crippen LogP contribution < -0.4 is 10.5 Å². The van der Waals surface area contributed by atoms with Crippen molar-refractivity contribution < 1.29 is 12.8 Å². The van der Waals surface area contributed by atoms with Crippen molar-refractivity contribution in [2.45, 2.75) is 38.6 Å². The summed E-state index contributed by atoms with van der Waals surface area (Å²) < 4.78 is 31.8. The van der Waals surface area contributed by atoms with Crippen LogP contribution in [0.4, 0.5) is 0 Å². The van der Waals surface area contributed by atoms with Gasteiger partial charge in [0, 0.05) is 18.7 Å². The molecule has 16 heavy (non-hydrogen) atoms. The van der Waals surface area contributed by atoms with E-state index in [1.54, 1.807) is 13.8 Å². The summed E-state index contributed by atoms with van der Waals surface area (Å²) in [5, 5.41) is 0. The molecule has 0 aliphatic rings. The van der Waals surface area contributed by atoms with E-state index in [0.29, 0.717) is 23.6 Å². The molecule has 6 heteroatoms. The minimum Gasteiger partial charge on any atom is -0.465 e. The molecule has 0 aliphatic heterocycles. The van der Waals surface area contributed by atoms with Crippen LogP contribution in [0.3, 0.4) is 0 Å². The van der Waals surface area contributed by atoms with E-state index in [9.17, 15) is 8.42 Å². The molecule has 0 aromatic carbocycles. The van der Waals surface area contributed by atoms with Crippen LogP contribution in [0.5, 0.6) is 0 Å². The zero-order chi connectivity index (χ0) is 12.3. The first kappa shape index (κ1) is 13.2. The average molecular weight is 246 g/mol. The van der Waals surface area contributed by atoms with Crippen molar-refractivity contribution in [3.05, 3.63) is 17.1 Å². The predicted molar refractivity (Wildman–Crippen MR) is 61.6 cm³/mol. The zero-order valence-electron chi connectivity index (χ0n) is 9.83. The Morgan fingerprint density at radius 3 is 2.44 bits per heavy atom. The number of sulfonamides is 1. The highest BCUT2D eigenvalue weighted by Crippen LogP contribution is 2.25. The largest absolute Gasteiger partial charge is 0.465 e. The van der Waals surface area contributed by atoms with Gasteiger partial charge in [-0.25, -0.2) is 13.1 Å². The van der Waals surface area contributed by atoms with Crippen LogP contribution in [0, 0.1) is 13.8 Å². The van der Waals surface area contributed by atoms with Crippen LogP contribution in [-0.2, 0) is 16.6 Å². The number of hydrogen-bond donors (Lipinski definition) is 2. The van der Waals surface area contributed by atoms with Gasteiger partial charge in [0.25, 0.3) is 0 Å². The Balaban J connectivity index is 3.21. The first-order valence-electron chi connectivity index (χ1n) is 5.22. The normalized spacial score (nSPS) is 12.0. The van der Waals surface area contributed by atoms with Crippen LogP contribution in [0.25, 0.3) is 0 Å². The van der Waals surface area contributed by atoms with Crippen molar-refractivity contribution in [2.24, 2.45) is 5.73 Å². The molecule has 1 rings (SSSR count). The van der Waals surface area contributed by atoms with Gasteiger partial charge in [-0.1, -0.05) is 6.92 Å². The second-order valence-corrected chi connectivity index (χ2v) is 5.33.